The largest absolute Gasteiger partial charge is 0.294 e. The molecule has 0 saturated carbocycles. The van der Waals surface area contributed by atoms with Crippen molar-refractivity contribution in [1.29, 1.82) is 0 Å². The van der Waals surface area contributed by atoms with Crippen molar-refractivity contribution in [3.8, 4) is 12.3 Å². The Morgan fingerprint density at radius 2 is 1.94 bits per heavy atom. The second-order valence-corrected chi connectivity index (χ2v) is 4.58. The molecule has 0 aliphatic heterocycles. The van der Waals surface area contributed by atoms with Crippen LogP contribution in [-0.4, -0.2) is 13.0 Å². The van der Waals surface area contributed by atoms with E-state index in [1.165, 1.54) is 6.07 Å². The Morgan fingerprint density at radius 1 is 1.38 bits per heavy atom. The Bertz CT molecular complexity index is 455. The molecule has 1 aromatic carbocycles. The first-order chi connectivity index (χ1) is 7.43. The molecule has 1 rings (SSSR count). The molecular formula is C12H16O3S. The van der Waals surface area contributed by atoms with Crippen LogP contribution in [0.4, 0.5) is 0 Å². The van der Waals surface area contributed by atoms with Gasteiger partial charge in [0.05, 0.1) is 4.90 Å². The van der Waals surface area contributed by atoms with Gasteiger partial charge in [0.15, 0.2) is 0 Å². The first-order valence-electron chi connectivity index (χ1n) is 4.90. The molecule has 0 amide bonds. The van der Waals surface area contributed by atoms with Crippen molar-refractivity contribution >= 4 is 10.1 Å². The minimum atomic E-state index is -4.03. The minimum absolute atomic E-state index is 0.0278. The van der Waals surface area contributed by atoms with Crippen LogP contribution in [-0.2, 0) is 10.1 Å². The summed E-state index contributed by atoms with van der Waals surface area (Å²) >= 11 is 0. The zero-order valence-electron chi connectivity index (χ0n) is 9.47. The summed E-state index contributed by atoms with van der Waals surface area (Å²) in [6.07, 6.45) is 6.91. The fourth-order valence-electron chi connectivity index (χ4n) is 0.990. The molecule has 0 aliphatic rings. The molecule has 1 N–H and O–H groups in total. The van der Waals surface area contributed by atoms with E-state index in [9.17, 15) is 8.42 Å². The van der Waals surface area contributed by atoms with E-state index >= 15 is 0 Å². The van der Waals surface area contributed by atoms with E-state index in [2.05, 4.69) is 12.8 Å². The number of unbranched alkanes of at least 4 members (excludes halogenated alkanes) is 1. The van der Waals surface area contributed by atoms with Crippen LogP contribution >= 0.6 is 0 Å². The lowest BCUT2D eigenvalue weighted by Gasteiger charge is -1.99. The normalized spacial score (nSPS) is 9.88. The summed E-state index contributed by atoms with van der Waals surface area (Å²) in [7, 11) is -4.03. The third-order valence-electron chi connectivity index (χ3n) is 1.77. The molecule has 4 heteroatoms. The molecule has 0 atom stereocenters. The summed E-state index contributed by atoms with van der Waals surface area (Å²) in [5.74, 6) is 2.52. The molecule has 0 aromatic heterocycles. The number of hydrogen-bond acceptors (Lipinski definition) is 2. The predicted octanol–water partition coefficient (Wildman–Crippen LogP) is 2.66. The van der Waals surface area contributed by atoms with Crippen molar-refractivity contribution in [2.24, 2.45) is 0 Å². The van der Waals surface area contributed by atoms with E-state index < -0.39 is 10.1 Å². The van der Waals surface area contributed by atoms with Gasteiger partial charge in [0.1, 0.15) is 0 Å². The summed E-state index contributed by atoms with van der Waals surface area (Å²) in [6.45, 7) is 3.70. The molecule has 16 heavy (non-hydrogen) atoms. The molecule has 0 fully saturated rings. The first kappa shape index (κ1) is 14.7. The van der Waals surface area contributed by atoms with E-state index in [1.807, 2.05) is 0 Å². The van der Waals surface area contributed by atoms with Gasteiger partial charge in [-0.05, 0) is 25.0 Å². The maximum Gasteiger partial charge on any atom is 0.294 e. The number of hydrogen-bond donors (Lipinski definition) is 1. The van der Waals surface area contributed by atoms with Crippen molar-refractivity contribution < 1.29 is 13.0 Å². The third kappa shape index (κ3) is 5.54. The highest BCUT2D eigenvalue weighted by Gasteiger charge is 2.10. The van der Waals surface area contributed by atoms with Gasteiger partial charge in [0, 0.05) is 6.42 Å². The van der Waals surface area contributed by atoms with Gasteiger partial charge in [0.2, 0.25) is 0 Å². The summed E-state index contributed by atoms with van der Waals surface area (Å²) in [4.78, 5) is -0.0278. The highest BCUT2D eigenvalue weighted by Crippen LogP contribution is 2.12. The fourth-order valence-corrected chi connectivity index (χ4v) is 1.72. The topological polar surface area (TPSA) is 54.4 Å². The predicted molar refractivity (Wildman–Crippen MR) is 64.7 cm³/mol. The molecule has 88 valence electrons. The molecule has 0 heterocycles. The van der Waals surface area contributed by atoms with Crippen LogP contribution in [0.3, 0.4) is 0 Å². The quantitative estimate of drug-likeness (QED) is 0.638. The van der Waals surface area contributed by atoms with E-state index in [0.29, 0.717) is 5.56 Å². The van der Waals surface area contributed by atoms with Crippen LogP contribution < -0.4 is 0 Å². The van der Waals surface area contributed by atoms with E-state index in [-0.39, 0.29) is 4.90 Å². The lowest BCUT2D eigenvalue weighted by atomic mass is 10.2. The highest BCUT2D eigenvalue weighted by molar-refractivity contribution is 7.85. The number of aryl methyl sites for hydroxylation is 1. The molecule has 0 aliphatic carbocycles. The van der Waals surface area contributed by atoms with Crippen LogP contribution in [0.25, 0.3) is 0 Å². The smallest absolute Gasteiger partial charge is 0.282 e. The van der Waals surface area contributed by atoms with Gasteiger partial charge < -0.3 is 0 Å². The summed E-state index contributed by atoms with van der Waals surface area (Å²) < 4.78 is 29.9. The van der Waals surface area contributed by atoms with Gasteiger partial charge in [-0.3, -0.25) is 4.55 Å². The Balaban J connectivity index is 0.000000385. The van der Waals surface area contributed by atoms with Crippen LogP contribution in [0.15, 0.2) is 29.2 Å². The fraction of sp³-hybridized carbons (Fsp3) is 0.333. The third-order valence-corrected chi connectivity index (χ3v) is 2.78. The zero-order valence-corrected chi connectivity index (χ0v) is 10.3. The van der Waals surface area contributed by atoms with Gasteiger partial charge in [-0.1, -0.05) is 25.1 Å². The Hall–Kier alpha value is -1.31. The van der Waals surface area contributed by atoms with Gasteiger partial charge in [-0.2, -0.15) is 8.42 Å². The SMILES string of the molecule is C#CCCC.Cc1ccccc1S(=O)(=O)O. The van der Waals surface area contributed by atoms with Crippen LogP contribution in [0, 0.1) is 19.3 Å². The van der Waals surface area contributed by atoms with Crippen molar-refractivity contribution in [3.63, 3.8) is 0 Å². The average Bonchev–Trinajstić information content (AvgIpc) is 2.19. The van der Waals surface area contributed by atoms with Gasteiger partial charge in [-0.25, -0.2) is 0 Å². The molecule has 0 unspecified atom stereocenters. The maximum absolute atomic E-state index is 10.6. The monoisotopic (exact) mass is 240 g/mol. The van der Waals surface area contributed by atoms with Gasteiger partial charge >= 0.3 is 0 Å². The Labute approximate surface area is 97.3 Å². The second kappa shape index (κ2) is 7.04. The number of benzene rings is 1. The van der Waals surface area contributed by atoms with Gasteiger partial charge in [0.25, 0.3) is 10.1 Å². The molecule has 1 aromatic rings. The Kier molecular flexibility index (Phi) is 6.47. The summed E-state index contributed by atoms with van der Waals surface area (Å²) in [5.41, 5.74) is 0.551. The van der Waals surface area contributed by atoms with Gasteiger partial charge in [-0.15, -0.1) is 12.3 Å². The molecule has 0 radical (unpaired) electrons. The van der Waals surface area contributed by atoms with E-state index in [1.54, 1.807) is 25.1 Å². The second-order valence-electron chi connectivity index (χ2n) is 3.19. The highest BCUT2D eigenvalue weighted by atomic mass is 32.2. The average molecular weight is 240 g/mol. The molecular weight excluding hydrogens is 224 g/mol. The lowest BCUT2D eigenvalue weighted by Crippen LogP contribution is -1.99. The molecule has 3 nitrogen and oxygen atoms in total. The first-order valence-corrected chi connectivity index (χ1v) is 6.34. The van der Waals surface area contributed by atoms with E-state index in [4.69, 9.17) is 11.0 Å². The summed E-state index contributed by atoms with van der Waals surface area (Å²) in [5, 5.41) is 0. The molecule has 0 bridgehead atoms. The van der Waals surface area contributed by atoms with Crippen molar-refractivity contribution in [1.82, 2.24) is 0 Å². The van der Waals surface area contributed by atoms with Crippen LogP contribution in [0.5, 0.6) is 0 Å². The molecule has 0 spiro atoms. The van der Waals surface area contributed by atoms with Crippen molar-refractivity contribution in [2.45, 2.75) is 31.6 Å². The zero-order chi connectivity index (χ0) is 12.6. The van der Waals surface area contributed by atoms with Crippen molar-refractivity contribution in [3.05, 3.63) is 29.8 Å². The summed E-state index contributed by atoms with van der Waals surface area (Å²) in [6, 6.07) is 6.27. The Morgan fingerprint density at radius 3 is 2.19 bits per heavy atom. The standard InChI is InChI=1S/C7H8O3S.C5H8/c1-6-4-2-3-5-7(6)11(8,9)10;1-3-5-4-2/h2-5H,1H3,(H,8,9,10);1H,4-5H2,2H3. The molecule has 0 saturated heterocycles. The van der Waals surface area contributed by atoms with Crippen molar-refractivity contribution in [2.75, 3.05) is 0 Å². The minimum Gasteiger partial charge on any atom is -0.282 e. The van der Waals surface area contributed by atoms with Crippen LogP contribution in [0.2, 0.25) is 0 Å². The van der Waals surface area contributed by atoms with E-state index in [0.717, 1.165) is 12.8 Å². The maximum atomic E-state index is 10.6. The van der Waals surface area contributed by atoms with Crippen LogP contribution in [0.1, 0.15) is 25.3 Å². The number of rotatable bonds is 2. The lowest BCUT2D eigenvalue weighted by molar-refractivity contribution is 0.482. The number of terminal acetylenes is 1.